The number of ether oxygens (including phenoxy) is 1. The summed E-state index contributed by atoms with van der Waals surface area (Å²) in [6.07, 6.45) is 3.29. The van der Waals surface area contributed by atoms with E-state index in [1.807, 2.05) is 6.92 Å². The van der Waals surface area contributed by atoms with Gasteiger partial charge in [-0.2, -0.15) is 0 Å². The maximum Gasteiger partial charge on any atom is 0.0906 e. The van der Waals surface area contributed by atoms with Gasteiger partial charge in [0.05, 0.1) is 12.8 Å². The Balaban J connectivity index is 1.88. The van der Waals surface area contributed by atoms with Crippen molar-refractivity contribution in [2.45, 2.75) is 38.3 Å². The van der Waals surface area contributed by atoms with Crippen LogP contribution in [0.15, 0.2) is 0 Å². The summed E-state index contributed by atoms with van der Waals surface area (Å²) in [5.41, 5.74) is 0. The van der Waals surface area contributed by atoms with E-state index in [-0.39, 0.29) is 6.67 Å². The highest BCUT2D eigenvalue weighted by molar-refractivity contribution is 4.85. The van der Waals surface area contributed by atoms with Crippen molar-refractivity contribution in [3.05, 3.63) is 0 Å². The van der Waals surface area contributed by atoms with Gasteiger partial charge < -0.3 is 10.1 Å². The zero-order valence-corrected chi connectivity index (χ0v) is 7.68. The summed E-state index contributed by atoms with van der Waals surface area (Å²) in [7, 11) is 0. The molecule has 1 N–H and O–H groups in total. The lowest BCUT2D eigenvalue weighted by Gasteiger charge is -2.35. The summed E-state index contributed by atoms with van der Waals surface area (Å²) in [6, 6.07) is 0.577. The van der Waals surface area contributed by atoms with Crippen LogP contribution in [0.3, 0.4) is 0 Å². The highest BCUT2D eigenvalue weighted by Crippen LogP contribution is 2.22. The Labute approximate surface area is 73.5 Å². The molecule has 0 amide bonds. The van der Waals surface area contributed by atoms with Crippen LogP contribution in [0.2, 0.25) is 0 Å². The van der Waals surface area contributed by atoms with Gasteiger partial charge in [0.25, 0.3) is 0 Å². The van der Waals surface area contributed by atoms with Gasteiger partial charge >= 0.3 is 0 Å². The van der Waals surface area contributed by atoms with Crippen LogP contribution >= 0.6 is 0 Å². The van der Waals surface area contributed by atoms with Crippen molar-refractivity contribution in [2.24, 2.45) is 0 Å². The maximum absolute atomic E-state index is 11.7. The van der Waals surface area contributed by atoms with Gasteiger partial charge in [-0.3, -0.25) is 4.39 Å². The fraction of sp³-hybridized carbons (Fsp3) is 1.00. The monoisotopic (exact) mass is 175 g/mol. The highest BCUT2D eigenvalue weighted by atomic mass is 19.1. The Morgan fingerprint density at radius 3 is 2.83 bits per heavy atom. The van der Waals surface area contributed by atoms with Crippen LogP contribution < -0.4 is 5.32 Å². The van der Waals surface area contributed by atoms with Gasteiger partial charge in [-0.15, -0.1) is 0 Å². The van der Waals surface area contributed by atoms with Gasteiger partial charge in [0.1, 0.15) is 0 Å². The first-order valence-corrected chi connectivity index (χ1v) is 4.77. The van der Waals surface area contributed by atoms with Gasteiger partial charge in [0, 0.05) is 12.6 Å². The van der Waals surface area contributed by atoms with Crippen LogP contribution in [0.5, 0.6) is 0 Å². The fourth-order valence-corrected chi connectivity index (χ4v) is 1.48. The number of hydrogen-bond donors (Lipinski definition) is 1. The third-order valence-electron chi connectivity index (χ3n) is 2.24. The molecule has 0 unspecified atom stereocenters. The standard InChI is InChI=1S/C9H18FNO/c1-2-12-9-6-8(7-9)11-5-3-4-10/h8-9,11H,2-7H2,1H3. The van der Waals surface area contributed by atoms with Crippen LogP contribution in [-0.2, 0) is 4.74 Å². The van der Waals surface area contributed by atoms with E-state index in [9.17, 15) is 4.39 Å². The van der Waals surface area contributed by atoms with Crippen LogP contribution in [0.4, 0.5) is 4.39 Å². The molecule has 0 saturated heterocycles. The molecule has 1 aliphatic rings. The topological polar surface area (TPSA) is 21.3 Å². The van der Waals surface area contributed by atoms with E-state index < -0.39 is 0 Å². The van der Waals surface area contributed by atoms with Crippen molar-refractivity contribution >= 4 is 0 Å². The lowest BCUT2D eigenvalue weighted by Crippen LogP contribution is -2.45. The molecule has 0 heterocycles. The SMILES string of the molecule is CCOC1CC(NCCCF)C1. The van der Waals surface area contributed by atoms with E-state index >= 15 is 0 Å². The first-order valence-electron chi connectivity index (χ1n) is 4.77. The number of rotatable bonds is 6. The number of nitrogens with one attached hydrogen (secondary N) is 1. The Hall–Kier alpha value is -0.150. The van der Waals surface area contributed by atoms with E-state index in [2.05, 4.69) is 5.32 Å². The Morgan fingerprint density at radius 1 is 1.50 bits per heavy atom. The molecule has 0 aromatic rings. The van der Waals surface area contributed by atoms with Gasteiger partial charge in [-0.25, -0.2) is 0 Å². The summed E-state index contributed by atoms with van der Waals surface area (Å²) in [5.74, 6) is 0. The Morgan fingerprint density at radius 2 is 2.25 bits per heavy atom. The van der Waals surface area contributed by atoms with E-state index in [0.29, 0.717) is 18.6 Å². The first-order chi connectivity index (χ1) is 5.86. The van der Waals surface area contributed by atoms with Crippen LogP contribution in [-0.4, -0.2) is 32.0 Å². The van der Waals surface area contributed by atoms with E-state index in [1.54, 1.807) is 0 Å². The lowest BCUT2D eigenvalue weighted by molar-refractivity contribution is -0.00979. The largest absolute Gasteiger partial charge is 0.378 e. The summed E-state index contributed by atoms with van der Waals surface area (Å²) < 4.78 is 17.1. The van der Waals surface area contributed by atoms with E-state index in [4.69, 9.17) is 4.74 Å². The zero-order valence-electron chi connectivity index (χ0n) is 7.68. The average molecular weight is 175 g/mol. The molecule has 72 valence electrons. The number of halogens is 1. The third kappa shape index (κ3) is 3.07. The fourth-order valence-electron chi connectivity index (χ4n) is 1.48. The molecule has 1 saturated carbocycles. The van der Waals surface area contributed by atoms with Crippen molar-refractivity contribution < 1.29 is 9.13 Å². The molecule has 1 fully saturated rings. The minimum absolute atomic E-state index is 0.214. The highest BCUT2D eigenvalue weighted by Gasteiger charge is 2.28. The lowest BCUT2D eigenvalue weighted by atomic mass is 9.89. The molecule has 0 bridgehead atoms. The molecular weight excluding hydrogens is 157 g/mol. The second-order valence-corrected chi connectivity index (χ2v) is 3.24. The maximum atomic E-state index is 11.7. The van der Waals surface area contributed by atoms with Gasteiger partial charge in [-0.1, -0.05) is 0 Å². The Kier molecular flexibility index (Phi) is 4.54. The Bertz CT molecular complexity index is 112. The predicted molar refractivity (Wildman–Crippen MR) is 47.0 cm³/mol. The van der Waals surface area contributed by atoms with E-state index in [1.165, 1.54) is 0 Å². The van der Waals surface area contributed by atoms with E-state index in [0.717, 1.165) is 26.0 Å². The van der Waals surface area contributed by atoms with Crippen LogP contribution in [0.25, 0.3) is 0 Å². The first kappa shape index (κ1) is 9.93. The van der Waals surface area contributed by atoms with Gasteiger partial charge in [-0.05, 0) is 32.7 Å². The van der Waals surface area contributed by atoms with Crippen LogP contribution in [0.1, 0.15) is 26.2 Å². The van der Waals surface area contributed by atoms with Crippen molar-refractivity contribution in [1.82, 2.24) is 5.32 Å². The molecular formula is C9H18FNO. The van der Waals surface area contributed by atoms with Gasteiger partial charge in [0.2, 0.25) is 0 Å². The molecule has 0 radical (unpaired) electrons. The molecule has 0 aliphatic heterocycles. The number of alkyl halides is 1. The molecule has 1 rings (SSSR count). The average Bonchev–Trinajstić information content (AvgIpc) is 2.00. The van der Waals surface area contributed by atoms with Crippen molar-refractivity contribution in [1.29, 1.82) is 0 Å². The number of hydrogen-bond acceptors (Lipinski definition) is 2. The summed E-state index contributed by atoms with van der Waals surface area (Å²) in [4.78, 5) is 0. The smallest absolute Gasteiger partial charge is 0.0906 e. The molecule has 0 aromatic carbocycles. The van der Waals surface area contributed by atoms with Crippen LogP contribution in [0, 0.1) is 0 Å². The second-order valence-electron chi connectivity index (χ2n) is 3.24. The van der Waals surface area contributed by atoms with Gasteiger partial charge in [0.15, 0.2) is 0 Å². The summed E-state index contributed by atoms with van der Waals surface area (Å²) in [5, 5.41) is 3.29. The molecule has 2 nitrogen and oxygen atoms in total. The molecule has 0 aromatic heterocycles. The van der Waals surface area contributed by atoms with Crippen molar-refractivity contribution in [3.63, 3.8) is 0 Å². The van der Waals surface area contributed by atoms with Crippen molar-refractivity contribution in [2.75, 3.05) is 19.8 Å². The molecule has 0 atom stereocenters. The quantitative estimate of drug-likeness (QED) is 0.618. The molecule has 0 spiro atoms. The summed E-state index contributed by atoms with van der Waals surface area (Å²) >= 11 is 0. The molecule has 1 aliphatic carbocycles. The third-order valence-corrected chi connectivity index (χ3v) is 2.24. The molecule has 12 heavy (non-hydrogen) atoms. The van der Waals surface area contributed by atoms with Crippen molar-refractivity contribution in [3.8, 4) is 0 Å². The minimum atomic E-state index is -0.214. The summed E-state index contributed by atoms with van der Waals surface area (Å²) in [6.45, 7) is 3.42. The minimum Gasteiger partial charge on any atom is -0.378 e. The second kappa shape index (κ2) is 5.49. The predicted octanol–water partition coefficient (Wildman–Crippen LogP) is 1.50. The molecule has 3 heteroatoms. The normalized spacial score (nSPS) is 28.5. The zero-order chi connectivity index (χ0) is 8.81.